The fourth-order valence-electron chi connectivity index (χ4n) is 9.55. The number of aliphatic hydroxyl groups excluding tert-OH is 1. The molecule has 2 fully saturated rings. The van der Waals surface area contributed by atoms with Gasteiger partial charge in [-0.15, -0.1) is 0 Å². The van der Waals surface area contributed by atoms with E-state index >= 15 is 0 Å². The third-order valence-corrected chi connectivity index (χ3v) is 13.7. The number of aromatic amines is 1. The summed E-state index contributed by atoms with van der Waals surface area (Å²) in [6, 6.07) is 37.5. The van der Waals surface area contributed by atoms with E-state index in [4.69, 9.17) is 14.2 Å². The first-order chi connectivity index (χ1) is 34.0. The molecule has 14 nitrogen and oxygen atoms in total. The third kappa shape index (κ3) is 12.0. The summed E-state index contributed by atoms with van der Waals surface area (Å²) in [5, 5.41) is 36.8. The van der Waals surface area contributed by atoms with Crippen molar-refractivity contribution in [2.24, 2.45) is 11.8 Å². The van der Waals surface area contributed by atoms with Crippen LogP contribution in [0.1, 0.15) is 82.8 Å². The molecule has 70 heavy (non-hydrogen) atoms. The summed E-state index contributed by atoms with van der Waals surface area (Å²) in [7, 11) is 1.48. The standard InChI is InChI=1S/C56H62N4O10/c1-68-50-32-38(12-8-17-48(61)45-20-22-49(62)53-46(45)21-23-51(63)58-53)18-19-47(50)54(65)57-34-52(64)60-30-26-41(27-31-60)36-69-44-16-9-15-43(33-44)56(67,42-13-6-3-7-14-42)55(66)70-37-40-24-28-59(29-25-40)35-39-10-4-2-5-11-39/h2-7,9-11,13-16,18-23,32-33,40-41,48,61-62,67H,8,12,17,24-31,34-37H2,1H3,(H,57,65)(H,58,63)/t48-,56-/m0/s1. The van der Waals surface area contributed by atoms with Crippen LogP contribution in [0.25, 0.3) is 10.9 Å². The van der Waals surface area contributed by atoms with Gasteiger partial charge in [0.2, 0.25) is 17.1 Å². The lowest BCUT2D eigenvalue weighted by Gasteiger charge is -2.33. The van der Waals surface area contributed by atoms with Crippen molar-refractivity contribution in [1.82, 2.24) is 20.1 Å². The van der Waals surface area contributed by atoms with Crippen LogP contribution >= 0.6 is 0 Å². The number of pyridine rings is 1. The number of benzene rings is 5. The van der Waals surface area contributed by atoms with E-state index in [2.05, 4.69) is 39.5 Å². The first-order valence-electron chi connectivity index (χ1n) is 24.2. The van der Waals surface area contributed by atoms with Gasteiger partial charge in [0.1, 0.15) is 17.2 Å². The van der Waals surface area contributed by atoms with Gasteiger partial charge in [-0.1, -0.05) is 84.9 Å². The van der Waals surface area contributed by atoms with Gasteiger partial charge in [-0.3, -0.25) is 19.3 Å². The number of hydrogen-bond acceptors (Lipinski definition) is 11. The Hall–Kier alpha value is -7.00. The van der Waals surface area contributed by atoms with Gasteiger partial charge in [-0.25, -0.2) is 4.79 Å². The Bertz CT molecular complexity index is 2790. The molecule has 1 aromatic heterocycles. The third-order valence-electron chi connectivity index (χ3n) is 13.7. The number of amides is 2. The molecule has 0 aliphatic carbocycles. The van der Waals surface area contributed by atoms with Gasteiger partial charge in [0.25, 0.3) is 5.91 Å². The topological polar surface area (TPSA) is 191 Å². The number of likely N-dealkylation sites (tertiary alicyclic amines) is 2. The molecule has 2 aliphatic heterocycles. The average Bonchev–Trinajstić information content (AvgIpc) is 3.39. The van der Waals surface area contributed by atoms with Crippen LogP contribution < -0.4 is 20.3 Å². The van der Waals surface area contributed by atoms with E-state index in [1.54, 1.807) is 77.7 Å². The minimum atomic E-state index is -2.05. The number of aliphatic hydroxyl groups is 2. The molecule has 6 aromatic rings. The number of aromatic nitrogens is 1. The quantitative estimate of drug-likeness (QED) is 0.0524. The summed E-state index contributed by atoms with van der Waals surface area (Å²) < 4.78 is 17.7. The summed E-state index contributed by atoms with van der Waals surface area (Å²) in [6.07, 6.45) is 3.99. The maximum Gasteiger partial charge on any atom is 0.347 e. The van der Waals surface area contributed by atoms with Crippen LogP contribution in [0.4, 0.5) is 0 Å². The van der Waals surface area contributed by atoms with Crippen molar-refractivity contribution in [3.8, 4) is 17.2 Å². The van der Waals surface area contributed by atoms with Crippen LogP contribution in [0.3, 0.4) is 0 Å². The number of hydrogen-bond donors (Lipinski definition) is 5. The number of aromatic hydroxyl groups is 1. The highest BCUT2D eigenvalue weighted by Gasteiger charge is 2.42. The van der Waals surface area contributed by atoms with Gasteiger partial charge in [0, 0.05) is 36.7 Å². The van der Waals surface area contributed by atoms with E-state index < -0.39 is 23.6 Å². The number of piperidine rings is 2. The number of phenolic OH excluding ortho intramolecular Hbond substituents is 1. The van der Waals surface area contributed by atoms with E-state index in [-0.39, 0.29) is 47.7 Å². The van der Waals surface area contributed by atoms with Crippen LogP contribution in [0.5, 0.6) is 17.2 Å². The predicted octanol–water partition coefficient (Wildman–Crippen LogP) is 7.04. The maximum atomic E-state index is 13.9. The number of carbonyl (C=O) groups is 3. The van der Waals surface area contributed by atoms with E-state index in [1.807, 2.05) is 18.2 Å². The molecule has 0 spiro atoms. The monoisotopic (exact) mass is 950 g/mol. The molecule has 0 saturated carbocycles. The van der Waals surface area contributed by atoms with Gasteiger partial charge in [0.15, 0.2) is 0 Å². The van der Waals surface area contributed by atoms with Crippen molar-refractivity contribution in [3.63, 3.8) is 0 Å². The molecule has 5 aromatic carbocycles. The van der Waals surface area contributed by atoms with E-state index in [1.165, 1.54) is 24.8 Å². The largest absolute Gasteiger partial charge is 0.506 e. The summed E-state index contributed by atoms with van der Waals surface area (Å²) in [5.74, 6) is -0.183. The number of esters is 1. The van der Waals surface area contributed by atoms with Gasteiger partial charge in [-0.2, -0.15) is 0 Å². The molecule has 8 rings (SSSR count). The Morgan fingerprint density at radius 2 is 1.49 bits per heavy atom. The molecule has 366 valence electrons. The van der Waals surface area contributed by atoms with Gasteiger partial charge in [0.05, 0.1) is 44.1 Å². The van der Waals surface area contributed by atoms with Crippen molar-refractivity contribution < 1.29 is 43.9 Å². The van der Waals surface area contributed by atoms with Crippen molar-refractivity contribution in [2.75, 3.05) is 53.0 Å². The summed E-state index contributed by atoms with van der Waals surface area (Å²) in [6.45, 7) is 4.16. The Labute approximate surface area is 407 Å². The number of rotatable bonds is 19. The number of carbonyl (C=O) groups excluding carboxylic acids is 3. The molecular formula is C56H62N4O10. The zero-order valence-corrected chi connectivity index (χ0v) is 39.6. The molecule has 0 radical (unpaired) electrons. The Morgan fingerprint density at radius 1 is 0.786 bits per heavy atom. The van der Waals surface area contributed by atoms with Crippen LogP contribution in [-0.4, -0.2) is 101 Å². The number of nitrogens with zero attached hydrogens (tertiary/aromatic N) is 2. The molecule has 14 heteroatoms. The first-order valence-corrected chi connectivity index (χ1v) is 24.2. The highest BCUT2D eigenvalue weighted by atomic mass is 16.6. The van der Waals surface area contributed by atoms with Crippen LogP contribution in [0.15, 0.2) is 132 Å². The highest BCUT2D eigenvalue weighted by Crippen LogP contribution is 2.35. The fraction of sp³-hybridized carbons (Fsp3) is 0.357. The maximum absolute atomic E-state index is 13.9. The second-order valence-electron chi connectivity index (χ2n) is 18.5. The first kappa shape index (κ1) is 49.4. The molecule has 2 saturated heterocycles. The van der Waals surface area contributed by atoms with Crippen molar-refractivity contribution in [1.29, 1.82) is 0 Å². The Morgan fingerprint density at radius 3 is 2.23 bits per heavy atom. The smallest absolute Gasteiger partial charge is 0.347 e. The van der Waals surface area contributed by atoms with Crippen LogP contribution in [0.2, 0.25) is 0 Å². The number of nitrogens with one attached hydrogen (secondary N) is 2. The van der Waals surface area contributed by atoms with Crippen LogP contribution in [-0.2, 0) is 32.9 Å². The molecule has 2 aliphatic rings. The zero-order valence-electron chi connectivity index (χ0n) is 39.6. The van der Waals surface area contributed by atoms with Crippen LogP contribution in [0, 0.1) is 11.8 Å². The lowest BCUT2D eigenvalue weighted by Crippen LogP contribution is -2.44. The average molecular weight is 951 g/mol. The van der Waals surface area contributed by atoms with E-state index in [0.29, 0.717) is 90.9 Å². The Balaban J connectivity index is 0.781. The fourth-order valence-corrected chi connectivity index (χ4v) is 9.55. The Kier molecular flexibility index (Phi) is 16.3. The number of phenols is 1. The lowest BCUT2D eigenvalue weighted by molar-refractivity contribution is -0.164. The van der Waals surface area contributed by atoms with Crippen molar-refractivity contribution >= 4 is 28.7 Å². The minimum absolute atomic E-state index is 0.0674. The van der Waals surface area contributed by atoms with E-state index in [9.17, 15) is 34.5 Å². The molecule has 0 bridgehead atoms. The molecule has 0 unspecified atom stereocenters. The highest BCUT2D eigenvalue weighted by molar-refractivity contribution is 5.99. The number of ether oxygens (including phenoxy) is 3. The predicted molar refractivity (Wildman–Crippen MR) is 266 cm³/mol. The molecule has 2 amide bonds. The number of methoxy groups -OCH3 is 1. The number of fused-ring (bicyclic) bond motifs is 1. The number of H-pyrrole nitrogens is 1. The zero-order chi connectivity index (χ0) is 49.0. The summed E-state index contributed by atoms with van der Waals surface area (Å²) in [5.41, 5.74) is 1.74. The lowest BCUT2D eigenvalue weighted by atomic mass is 9.86. The molecule has 5 N–H and O–H groups in total. The second kappa shape index (κ2) is 23.1. The van der Waals surface area contributed by atoms with Crippen molar-refractivity contribution in [2.45, 2.75) is 63.2 Å². The van der Waals surface area contributed by atoms with Gasteiger partial charge >= 0.3 is 5.97 Å². The van der Waals surface area contributed by atoms with E-state index in [0.717, 1.165) is 38.0 Å². The normalized spacial score (nSPS) is 16.0. The summed E-state index contributed by atoms with van der Waals surface area (Å²) in [4.78, 5) is 59.0. The second-order valence-corrected chi connectivity index (χ2v) is 18.5. The summed E-state index contributed by atoms with van der Waals surface area (Å²) >= 11 is 0. The molecular weight excluding hydrogens is 889 g/mol. The SMILES string of the molecule is COc1cc(CCC[C@H](O)c2ccc(O)c3[nH]c(=O)ccc23)ccc1C(=O)NCC(=O)N1CCC(COc2cccc([C@](O)(C(=O)OCC3CCN(Cc4ccccc4)CC3)c3ccccc3)c2)CC1. The molecule has 2 atom stereocenters. The minimum Gasteiger partial charge on any atom is -0.506 e. The van der Waals surface area contributed by atoms with Gasteiger partial charge < -0.3 is 44.7 Å². The number of aryl methyl sites for hydroxylation is 1. The van der Waals surface area contributed by atoms with Crippen molar-refractivity contribution in [3.05, 3.63) is 171 Å². The molecule has 3 heterocycles. The van der Waals surface area contributed by atoms with Gasteiger partial charge in [-0.05, 0) is 129 Å².